The van der Waals surface area contributed by atoms with E-state index in [1.165, 1.54) is 22.9 Å². The largest absolute Gasteiger partial charge is 0.325 e. The van der Waals surface area contributed by atoms with Gasteiger partial charge in [0.2, 0.25) is 5.91 Å². The molecule has 0 aliphatic carbocycles. The molecule has 3 aromatic rings. The number of amides is 1. The van der Waals surface area contributed by atoms with Crippen molar-refractivity contribution in [3.8, 4) is 0 Å². The molecule has 0 saturated carbocycles. The highest BCUT2D eigenvalue weighted by Crippen LogP contribution is 2.20. The predicted octanol–water partition coefficient (Wildman–Crippen LogP) is 4.60. The quantitative estimate of drug-likeness (QED) is 0.417. The molecule has 0 unspecified atom stereocenters. The van der Waals surface area contributed by atoms with E-state index in [9.17, 15) is 4.79 Å². The van der Waals surface area contributed by atoms with Crippen molar-refractivity contribution in [3.63, 3.8) is 0 Å². The van der Waals surface area contributed by atoms with Gasteiger partial charge >= 0.3 is 0 Å². The van der Waals surface area contributed by atoms with Crippen LogP contribution in [0.15, 0.2) is 66.3 Å². The first kappa shape index (κ1) is 20.9. The van der Waals surface area contributed by atoms with Crippen molar-refractivity contribution >= 4 is 23.4 Å². The van der Waals surface area contributed by atoms with Gasteiger partial charge in [-0.3, -0.25) is 4.79 Å². The molecule has 1 aromatic heterocycles. The van der Waals surface area contributed by atoms with Crippen molar-refractivity contribution in [1.29, 1.82) is 0 Å². The highest BCUT2D eigenvalue weighted by molar-refractivity contribution is 7.99. The van der Waals surface area contributed by atoms with E-state index in [1.54, 1.807) is 0 Å². The third-order valence-electron chi connectivity index (χ3n) is 4.71. The number of aryl methyl sites for hydroxylation is 4. The molecule has 0 spiro atoms. The fourth-order valence-electron chi connectivity index (χ4n) is 2.97. The molecule has 1 N–H and O–H groups in total. The number of rotatable bonds is 9. The molecule has 0 atom stereocenters. The number of nitrogens with one attached hydrogen (secondary N) is 1. The summed E-state index contributed by atoms with van der Waals surface area (Å²) in [5, 5.41) is 12.3. The molecule has 0 radical (unpaired) electrons. The molecular weight excluding hydrogens is 380 g/mol. The van der Waals surface area contributed by atoms with Crippen LogP contribution in [0.3, 0.4) is 0 Å². The van der Waals surface area contributed by atoms with E-state index in [4.69, 9.17) is 0 Å². The topological polar surface area (TPSA) is 59.8 Å². The van der Waals surface area contributed by atoms with Gasteiger partial charge in [0.05, 0.1) is 5.75 Å². The molecule has 1 amide bonds. The standard InChI is InChI=1S/C23H26N4OS/c1-4-14-27-21(13-11-19-8-6-5-7-9-19)25-26-23(27)29-16-22(28)24-20-12-10-17(2)18(3)15-20/h4-10,12,15H,1,11,13-14,16H2,2-3H3,(H,24,28). The summed E-state index contributed by atoms with van der Waals surface area (Å²) in [5.41, 5.74) is 4.44. The summed E-state index contributed by atoms with van der Waals surface area (Å²) in [7, 11) is 0. The van der Waals surface area contributed by atoms with Crippen LogP contribution in [0.2, 0.25) is 0 Å². The van der Waals surface area contributed by atoms with Crippen molar-refractivity contribution in [2.45, 2.75) is 38.4 Å². The number of benzene rings is 2. The Balaban J connectivity index is 1.60. The maximum absolute atomic E-state index is 12.4. The summed E-state index contributed by atoms with van der Waals surface area (Å²) in [6, 6.07) is 16.2. The molecule has 29 heavy (non-hydrogen) atoms. The smallest absolute Gasteiger partial charge is 0.234 e. The Morgan fingerprint density at radius 2 is 1.90 bits per heavy atom. The highest BCUT2D eigenvalue weighted by atomic mass is 32.2. The zero-order chi connectivity index (χ0) is 20.6. The summed E-state index contributed by atoms with van der Waals surface area (Å²) in [6.45, 7) is 8.55. The maximum Gasteiger partial charge on any atom is 0.234 e. The van der Waals surface area contributed by atoms with Gasteiger partial charge in [0.1, 0.15) is 5.82 Å². The second-order valence-corrected chi connectivity index (χ2v) is 7.86. The molecule has 0 aliphatic heterocycles. The first-order valence-corrected chi connectivity index (χ1v) is 10.6. The van der Waals surface area contributed by atoms with Crippen LogP contribution in [0.25, 0.3) is 0 Å². The molecule has 0 aliphatic rings. The van der Waals surface area contributed by atoms with Crippen molar-refractivity contribution < 1.29 is 4.79 Å². The number of hydrogen-bond acceptors (Lipinski definition) is 4. The van der Waals surface area contributed by atoms with E-state index in [1.807, 2.05) is 54.0 Å². The third-order valence-corrected chi connectivity index (χ3v) is 5.68. The van der Waals surface area contributed by atoms with Crippen LogP contribution in [-0.2, 0) is 24.2 Å². The molecular formula is C23H26N4OS. The van der Waals surface area contributed by atoms with E-state index in [-0.39, 0.29) is 11.7 Å². The zero-order valence-corrected chi connectivity index (χ0v) is 17.7. The van der Waals surface area contributed by atoms with Crippen molar-refractivity contribution in [2.24, 2.45) is 0 Å². The van der Waals surface area contributed by atoms with Crippen LogP contribution >= 0.6 is 11.8 Å². The Kier molecular flexibility index (Phi) is 7.25. The second-order valence-electron chi connectivity index (χ2n) is 6.92. The number of carbonyl (C=O) groups excluding carboxylic acids is 1. The van der Waals surface area contributed by atoms with E-state index in [0.29, 0.717) is 6.54 Å². The normalized spacial score (nSPS) is 10.7. The van der Waals surface area contributed by atoms with Gasteiger partial charge in [-0.25, -0.2) is 0 Å². The average Bonchev–Trinajstić information content (AvgIpc) is 3.10. The van der Waals surface area contributed by atoms with Gasteiger partial charge in [0.15, 0.2) is 5.16 Å². The van der Waals surface area contributed by atoms with Gasteiger partial charge in [0.25, 0.3) is 0 Å². The maximum atomic E-state index is 12.4. The molecule has 0 saturated heterocycles. The number of allylic oxidation sites excluding steroid dienone is 1. The molecule has 0 bridgehead atoms. The van der Waals surface area contributed by atoms with Gasteiger partial charge in [-0.1, -0.05) is 54.2 Å². The molecule has 150 valence electrons. The summed E-state index contributed by atoms with van der Waals surface area (Å²) in [4.78, 5) is 12.4. The van der Waals surface area contributed by atoms with Gasteiger partial charge in [-0.15, -0.1) is 16.8 Å². The number of carbonyl (C=O) groups is 1. The lowest BCUT2D eigenvalue weighted by molar-refractivity contribution is -0.113. The average molecular weight is 407 g/mol. The van der Waals surface area contributed by atoms with E-state index < -0.39 is 0 Å². The minimum atomic E-state index is -0.0581. The third kappa shape index (κ3) is 5.81. The number of aromatic nitrogens is 3. The summed E-state index contributed by atoms with van der Waals surface area (Å²) < 4.78 is 2.03. The van der Waals surface area contributed by atoms with E-state index in [0.717, 1.165) is 35.1 Å². The first-order chi connectivity index (χ1) is 14.1. The van der Waals surface area contributed by atoms with Crippen LogP contribution in [0.1, 0.15) is 22.5 Å². The lowest BCUT2D eigenvalue weighted by Gasteiger charge is -2.09. The monoisotopic (exact) mass is 406 g/mol. The highest BCUT2D eigenvalue weighted by Gasteiger charge is 2.14. The Hall–Kier alpha value is -2.86. The van der Waals surface area contributed by atoms with Gasteiger partial charge in [0, 0.05) is 18.7 Å². The van der Waals surface area contributed by atoms with Gasteiger partial charge in [-0.2, -0.15) is 0 Å². The number of nitrogens with zero attached hydrogens (tertiary/aromatic N) is 3. The van der Waals surface area contributed by atoms with Crippen molar-refractivity contribution in [2.75, 3.05) is 11.1 Å². The van der Waals surface area contributed by atoms with E-state index in [2.05, 4.69) is 41.1 Å². The zero-order valence-electron chi connectivity index (χ0n) is 16.9. The van der Waals surface area contributed by atoms with Crippen molar-refractivity contribution in [3.05, 3.63) is 83.7 Å². The molecule has 5 nitrogen and oxygen atoms in total. The lowest BCUT2D eigenvalue weighted by atomic mass is 10.1. The summed E-state index contributed by atoms with van der Waals surface area (Å²) >= 11 is 1.39. The van der Waals surface area contributed by atoms with Crippen molar-refractivity contribution in [1.82, 2.24) is 14.8 Å². The van der Waals surface area contributed by atoms with Crippen LogP contribution in [0, 0.1) is 13.8 Å². The molecule has 0 fully saturated rings. The Morgan fingerprint density at radius 3 is 2.62 bits per heavy atom. The number of hydrogen-bond donors (Lipinski definition) is 1. The summed E-state index contributed by atoms with van der Waals surface area (Å²) in [6.07, 6.45) is 3.52. The first-order valence-electron chi connectivity index (χ1n) is 9.63. The Morgan fingerprint density at radius 1 is 1.10 bits per heavy atom. The molecule has 3 rings (SSSR count). The second kappa shape index (κ2) is 10.1. The number of thioether (sulfide) groups is 1. The van der Waals surface area contributed by atoms with E-state index >= 15 is 0 Å². The fraction of sp³-hybridized carbons (Fsp3) is 0.261. The van der Waals surface area contributed by atoms with Gasteiger partial charge in [-0.05, 0) is 49.1 Å². The van der Waals surface area contributed by atoms with Crippen LogP contribution in [0.5, 0.6) is 0 Å². The van der Waals surface area contributed by atoms with Crippen LogP contribution < -0.4 is 5.32 Å². The lowest BCUT2D eigenvalue weighted by Crippen LogP contribution is -2.15. The van der Waals surface area contributed by atoms with Crippen LogP contribution in [-0.4, -0.2) is 26.4 Å². The number of anilines is 1. The Bertz CT molecular complexity index is 982. The van der Waals surface area contributed by atoms with Gasteiger partial charge < -0.3 is 9.88 Å². The molecule has 2 aromatic carbocycles. The van der Waals surface area contributed by atoms with Crippen LogP contribution in [0.4, 0.5) is 5.69 Å². The minimum Gasteiger partial charge on any atom is -0.325 e. The minimum absolute atomic E-state index is 0.0581. The molecule has 1 heterocycles. The molecule has 6 heteroatoms. The Labute approximate surface area is 176 Å². The summed E-state index contributed by atoms with van der Waals surface area (Å²) in [5.74, 6) is 1.13. The predicted molar refractivity (Wildman–Crippen MR) is 119 cm³/mol. The SMILES string of the molecule is C=CCn1c(CCc2ccccc2)nnc1SCC(=O)Nc1ccc(C)c(C)c1. The fourth-order valence-corrected chi connectivity index (χ4v) is 3.74.